The van der Waals surface area contributed by atoms with Crippen molar-refractivity contribution in [2.75, 3.05) is 0 Å². The zero-order chi connectivity index (χ0) is 33.8. The Balaban J connectivity index is 1.25. The number of rotatable bonds is 5. The van der Waals surface area contributed by atoms with Crippen molar-refractivity contribution >= 4 is 0 Å². The van der Waals surface area contributed by atoms with Gasteiger partial charge in [0.2, 0.25) is 0 Å². The molecule has 0 bridgehead atoms. The third-order valence-electron chi connectivity index (χ3n) is 11.1. The minimum Gasteiger partial charge on any atom is -0.457 e. The summed E-state index contributed by atoms with van der Waals surface area (Å²) in [5.74, 6) is 1.76. The van der Waals surface area contributed by atoms with E-state index in [9.17, 15) is 0 Å². The SMILES string of the molecule is c1ccc(C2(c3ccccc3)c3ccccc3Oc3cc(-c4cccc5c4-c4ccccc4C5(c4ccccc4)c4ccccc4)ccc32)cc1. The largest absolute Gasteiger partial charge is 0.457 e. The first-order valence-corrected chi connectivity index (χ1v) is 17.7. The summed E-state index contributed by atoms with van der Waals surface area (Å²) in [6.07, 6.45) is 0. The Hall–Kier alpha value is -6.44. The lowest BCUT2D eigenvalue weighted by Crippen LogP contribution is -2.34. The molecule has 0 saturated heterocycles. The molecular weight excluding hydrogens is 617 g/mol. The number of fused-ring (bicyclic) bond motifs is 5. The maximum absolute atomic E-state index is 6.91. The van der Waals surface area contributed by atoms with E-state index in [1.165, 1.54) is 50.1 Å². The van der Waals surface area contributed by atoms with Gasteiger partial charge in [-0.25, -0.2) is 0 Å². The van der Waals surface area contributed by atoms with Crippen LogP contribution in [-0.4, -0.2) is 0 Å². The molecule has 0 saturated carbocycles. The smallest absolute Gasteiger partial charge is 0.132 e. The van der Waals surface area contributed by atoms with Crippen molar-refractivity contribution in [2.45, 2.75) is 10.8 Å². The van der Waals surface area contributed by atoms with E-state index in [0.29, 0.717) is 0 Å². The highest BCUT2D eigenvalue weighted by Gasteiger charge is 2.48. The molecule has 1 aliphatic heterocycles. The first-order chi connectivity index (χ1) is 25.3. The first kappa shape index (κ1) is 29.5. The molecule has 8 aromatic carbocycles. The molecule has 240 valence electrons. The van der Waals surface area contributed by atoms with E-state index in [1.807, 2.05) is 0 Å². The molecule has 1 heteroatoms. The van der Waals surface area contributed by atoms with Gasteiger partial charge in [-0.15, -0.1) is 0 Å². The van der Waals surface area contributed by atoms with Gasteiger partial charge in [-0.2, -0.15) is 0 Å². The lowest BCUT2D eigenvalue weighted by Gasteiger charge is -2.41. The molecule has 8 aromatic rings. The maximum Gasteiger partial charge on any atom is 0.132 e. The summed E-state index contributed by atoms with van der Waals surface area (Å²) >= 11 is 0. The third-order valence-corrected chi connectivity index (χ3v) is 11.1. The van der Waals surface area contributed by atoms with Crippen LogP contribution in [0, 0.1) is 0 Å². The highest BCUT2D eigenvalue weighted by molar-refractivity contribution is 5.96. The van der Waals surface area contributed by atoms with Crippen molar-refractivity contribution in [3.8, 4) is 33.8 Å². The summed E-state index contributed by atoms with van der Waals surface area (Å²) in [6.45, 7) is 0. The zero-order valence-electron chi connectivity index (χ0n) is 28.0. The quantitative estimate of drug-likeness (QED) is 0.180. The van der Waals surface area contributed by atoms with Crippen molar-refractivity contribution in [3.05, 3.63) is 251 Å². The summed E-state index contributed by atoms with van der Waals surface area (Å²) in [5.41, 5.74) is 13.7. The van der Waals surface area contributed by atoms with Crippen molar-refractivity contribution < 1.29 is 4.74 Å². The standard InChI is InChI=1S/C50H34O/c1-5-18-36(19-6-1)49(37-20-7-2-8-21-37)42-28-14-13-26-41(42)48-40(27-17-30-45(48)49)35-32-33-44-47(34-35)51-46-31-16-15-29-43(46)50(44,38-22-9-3-10-23-38)39-24-11-4-12-25-39/h1-34H. The molecular formula is C50H34O. The number of ether oxygens (including phenoxy) is 1. The lowest BCUT2D eigenvalue weighted by molar-refractivity contribution is 0.435. The van der Waals surface area contributed by atoms with Gasteiger partial charge in [0, 0.05) is 11.1 Å². The molecule has 0 radical (unpaired) electrons. The highest BCUT2D eigenvalue weighted by atomic mass is 16.5. The lowest BCUT2D eigenvalue weighted by atomic mass is 9.63. The normalized spacial score (nSPS) is 14.4. The predicted octanol–water partition coefficient (Wildman–Crippen LogP) is 12.2. The fourth-order valence-corrected chi connectivity index (χ4v) is 9.11. The van der Waals surface area contributed by atoms with Crippen LogP contribution in [0.1, 0.15) is 44.5 Å². The van der Waals surface area contributed by atoms with Crippen molar-refractivity contribution in [3.63, 3.8) is 0 Å². The van der Waals surface area contributed by atoms with Crippen molar-refractivity contribution in [1.29, 1.82) is 0 Å². The number of para-hydroxylation sites is 1. The van der Waals surface area contributed by atoms with Gasteiger partial charge >= 0.3 is 0 Å². The van der Waals surface area contributed by atoms with Crippen LogP contribution in [0.2, 0.25) is 0 Å². The Bertz CT molecular complexity index is 2460. The molecule has 1 nitrogen and oxygen atoms in total. The number of benzene rings is 8. The molecule has 0 aromatic heterocycles. The van der Waals surface area contributed by atoms with Crippen LogP contribution in [0.5, 0.6) is 11.5 Å². The Morgan fingerprint density at radius 2 is 0.725 bits per heavy atom. The first-order valence-electron chi connectivity index (χ1n) is 17.7. The Labute approximate surface area is 299 Å². The van der Waals surface area contributed by atoms with Gasteiger partial charge in [-0.05, 0) is 67.8 Å². The fourth-order valence-electron chi connectivity index (χ4n) is 9.11. The van der Waals surface area contributed by atoms with E-state index in [0.717, 1.165) is 28.2 Å². The van der Waals surface area contributed by atoms with Crippen LogP contribution in [-0.2, 0) is 10.8 Å². The summed E-state index contributed by atoms with van der Waals surface area (Å²) < 4.78 is 6.91. The van der Waals surface area contributed by atoms with E-state index in [2.05, 4.69) is 206 Å². The fraction of sp³-hybridized carbons (Fsp3) is 0.0400. The van der Waals surface area contributed by atoms with Crippen molar-refractivity contribution in [2.24, 2.45) is 0 Å². The minimum absolute atomic E-state index is 0.454. The summed E-state index contributed by atoms with van der Waals surface area (Å²) in [4.78, 5) is 0. The van der Waals surface area contributed by atoms with Crippen LogP contribution in [0.25, 0.3) is 22.3 Å². The van der Waals surface area contributed by atoms with E-state index in [-0.39, 0.29) is 0 Å². The molecule has 0 N–H and O–H groups in total. The molecule has 0 spiro atoms. The second-order valence-corrected chi connectivity index (χ2v) is 13.5. The average Bonchev–Trinajstić information content (AvgIpc) is 3.52. The van der Waals surface area contributed by atoms with Crippen molar-refractivity contribution in [1.82, 2.24) is 0 Å². The van der Waals surface area contributed by atoms with Gasteiger partial charge in [0.15, 0.2) is 0 Å². The summed E-state index contributed by atoms with van der Waals surface area (Å²) in [7, 11) is 0. The van der Waals surface area contributed by atoms with Gasteiger partial charge in [0.25, 0.3) is 0 Å². The van der Waals surface area contributed by atoms with Gasteiger partial charge in [0.05, 0.1) is 10.8 Å². The monoisotopic (exact) mass is 650 g/mol. The zero-order valence-corrected chi connectivity index (χ0v) is 28.0. The van der Waals surface area contributed by atoms with Gasteiger partial charge in [-0.1, -0.05) is 194 Å². The predicted molar refractivity (Wildman–Crippen MR) is 208 cm³/mol. The molecule has 0 amide bonds. The van der Waals surface area contributed by atoms with Crippen LogP contribution >= 0.6 is 0 Å². The van der Waals surface area contributed by atoms with Crippen LogP contribution in [0.3, 0.4) is 0 Å². The van der Waals surface area contributed by atoms with Crippen LogP contribution in [0.15, 0.2) is 206 Å². The Kier molecular flexibility index (Phi) is 6.69. The molecule has 0 atom stereocenters. The highest BCUT2D eigenvalue weighted by Crippen LogP contribution is 2.60. The Morgan fingerprint density at radius 3 is 1.31 bits per heavy atom. The number of hydrogen-bond donors (Lipinski definition) is 0. The van der Waals surface area contributed by atoms with Crippen LogP contribution < -0.4 is 4.74 Å². The molecule has 0 fully saturated rings. The van der Waals surface area contributed by atoms with Gasteiger partial charge in [-0.3, -0.25) is 0 Å². The Morgan fingerprint density at radius 1 is 0.294 bits per heavy atom. The maximum atomic E-state index is 6.91. The average molecular weight is 651 g/mol. The molecule has 1 aliphatic carbocycles. The van der Waals surface area contributed by atoms with Crippen LogP contribution in [0.4, 0.5) is 0 Å². The second-order valence-electron chi connectivity index (χ2n) is 13.5. The van der Waals surface area contributed by atoms with E-state index >= 15 is 0 Å². The number of hydrogen-bond acceptors (Lipinski definition) is 1. The second kappa shape index (κ2) is 11.6. The molecule has 2 aliphatic rings. The molecule has 51 heavy (non-hydrogen) atoms. The summed E-state index contributed by atoms with van der Waals surface area (Å²) in [5, 5.41) is 0. The molecule has 0 unspecified atom stereocenters. The summed E-state index contributed by atoms with van der Waals surface area (Å²) in [6, 6.07) is 75.0. The third kappa shape index (κ3) is 4.16. The van der Waals surface area contributed by atoms with E-state index in [1.54, 1.807) is 0 Å². The molecule has 10 rings (SSSR count). The minimum atomic E-state index is -0.549. The topological polar surface area (TPSA) is 9.23 Å². The molecule has 1 heterocycles. The van der Waals surface area contributed by atoms with E-state index in [4.69, 9.17) is 4.74 Å². The van der Waals surface area contributed by atoms with E-state index < -0.39 is 10.8 Å². The van der Waals surface area contributed by atoms with Gasteiger partial charge in [0.1, 0.15) is 11.5 Å². The van der Waals surface area contributed by atoms with Gasteiger partial charge < -0.3 is 4.74 Å².